The van der Waals surface area contributed by atoms with Crippen LogP contribution in [0.4, 0.5) is 0 Å². The van der Waals surface area contributed by atoms with Crippen molar-refractivity contribution in [2.45, 2.75) is 6.54 Å². The van der Waals surface area contributed by atoms with Gasteiger partial charge in [0.05, 0.1) is 6.54 Å². The Labute approximate surface area is 148 Å². The molecule has 1 heterocycles. The van der Waals surface area contributed by atoms with Gasteiger partial charge in [0, 0.05) is 19.8 Å². The molecule has 0 N–H and O–H groups in total. The number of carbonyl (C=O) groups is 1. The fraction of sp³-hybridized carbons (Fsp3) is 0.190. The Morgan fingerprint density at radius 2 is 1.64 bits per heavy atom. The van der Waals surface area contributed by atoms with Crippen molar-refractivity contribution in [1.29, 1.82) is 0 Å². The highest BCUT2D eigenvalue weighted by atomic mass is 16.5. The molecule has 0 radical (unpaired) electrons. The molecule has 0 saturated carbocycles. The summed E-state index contributed by atoms with van der Waals surface area (Å²) in [6.07, 6.45) is 1.94. The van der Waals surface area contributed by atoms with E-state index in [4.69, 9.17) is 4.74 Å². The lowest BCUT2D eigenvalue weighted by Gasteiger charge is -2.19. The van der Waals surface area contributed by atoms with E-state index in [1.807, 2.05) is 71.4 Å². The Kier molecular flexibility index (Phi) is 5.52. The Morgan fingerprint density at radius 3 is 2.36 bits per heavy atom. The number of benzene rings is 2. The van der Waals surface area contributed by atoms with Crippen molar-refractivity contribution < 1.29 is 9.53 Å². The number of ether oxygens (including phenoxy) is 1. The topological polar surface area (TPSA) is 34.5 Å². The van der Waals surface area contributed by atoms with Gasteiger partial charge in [0.15, 0.2) is 0 Å². The van der Waals surface area contributed by atoms with Crippen molar-refractivity contribution in [2.75, 3.05) is 20.2 Å². The maximum Gasteiger partial charge on any atom is 0.270 e. The van der Waals surface area contributed by atoms with E-state index in [-0.39, 0.29) is 5.91 Å². The average molecular weight is 334 g/mol. The first-order valence-electron chi connectivity index (χ1n) is 8.36. The number of hydrogen-bond acceptors (Lipinski definition) is 2. The van der Waals surface area contributed by atoms with E-state index in [1.165, 1.54) is 5.56 Å². The summed E-state index contributed by atoms with van der Waals surface area (Å²) in [6.45, 7) is 1.68. The fourth-order valence-electron chi connectivity index (χ4n) is 2.64. The van der Waals surface area contributed by atoms with E-state index in [2.05, 4.69) is 12.1 Å². The molecule has 25 heavy (non-hydrogen) atoms. The van der Waals surface area contributed by atoms with Crippen LogP contribution in [0.15, 0.2) is 79.0 Å². The molecule has 0 saturated heterocycles. The molecule has 0 aliphatic rings. The molecule has 3 rings (SSSR count). The van der Waals surface area contributed by atoms with E-state index in [0.717, 1.165) is 5.75 Å². The minimum absolute atomic E-state index is 0.00223. The zero-order chi connectivity index (χ0) is 17.5. The van der Waals surface area contributed by atoms with Crippen LogP contribution in [0, 0.1) is 0 Å². The standard InChI is InChI=1S/C21H22N2O2/c1-22(15-16-25-19-11-6-3-7-12-19)21(24)20-13-8-14-23(20)17-18-9-4-2-5-10-18/h2-14H,15-17H2,1H3. The lowest BCUT2D eigenvalue weighted by molar-refractivity contribution is 0.0763. The van der Waals surface area contributed by atoms with Crippen LogP contribution in [-0.4, -0.2) is 35.6 Å². The van der Waals surface area contributed by atoms with Crippen LogP contribution in [0.25, 0.3) is 0 Å². The van der Waals surface area contributed by atoms with Gasteiger partial charge < -0.3 is 14.2 Å². The first kappa shape index (κ1) is 16.8. The van der Waals surface area contributed by atoms with Crippen molar-refractivity contribution in [2.24, 2.45) is 0 Å². The number of likely N-dealkylation sites (N-methyl/N-ethyl adjacent to an activating group) is 1. The number of carbonyl (C=O) groups excluding carboxylic acids is 1. The maximum absolute atomic E-state index is 12.7. The van der Waals surface area contributed by atoms with Crippen molar-refractivity contribution >= 4 is 5.91 Å². The third-order valence-corrected chi connectivity index (χ3v) is 4.03. The van der Waals surface area contributed by atoms with Crippen LogP contribution in [0.1, 0.15) is 16.1 Å². The molecule has 4 nitrogen and oxygen atoms in total. The summed E-state index contributed by atoms with van der Waals surface area (Å²) in [7, 11) is 1.80. The number of aromatic nitrogens is 1. The molecule has 0 bridgehead atoms. The lowest BCUT2D eigenvalue weighted by atomic mass is 10.2. The number of hydrogen-bond donors (Lipinski definition) is 0. The normalized spacial score (nSPS) is 10.4. The van der Waals surface area contributed by atoms with Gasteiger partial charge in [-0.1, -0.05) is 48.5 Å². The van der Waals surface area contributed by atoms with E-state index < -0.39 is 0 Å². The van der Waals surface area contributed by atoms with Gasteiger partial charge in [0.25, 0.3) is 5.91 Å². The second-order valence-electron chi connectivity index (χ2n) is 5.90. The highest BCUT2D eigenvalue weighted by molar-refractivity contribution is 5.92. The third-order valence-electron chi connectivity index (χ3n) is 4.03. The molecular formula is C21H22N2O2. The maximum atomic E-state index is 12.7. The number of rotatable bonds is 7. The predicted octanol–water partition coefficient (Wildman–Crippen LogP) is 3.69. The smallest absolute Gasteiger partial charge is 0.270 e. The van der Waals surface area contributed by atoms with Gasteiger partial charge in [-0.15, -0.1) is 0 Å². The van der Waals surface area contributed by atoms with E-state index in [1.54, 1.807) is 11.9 Å². The molecule has 1 amide bonds. The van der Waals surface area contributed by atoms with Crippen molar-refractivity contribution in [1.82, 2.24) is 9.47 Å². The summed E-state index contributed by atoms with van der Waals surface area (Å²) >= 11 is 0. The molecular weight excluding hydrogens is 312 g/mol. The van der Waals surface area contributed by atoms with Gasteiger partial charge in [-0.05, 0) is 29.8 Å². The summed E-state index contributed by atoms with van der Waals surface area (Å²) < 4.78 is 7.65. The van der Waals surface area contributed by atoms with Crippen LogP contribution >= 0.6 is 0 Å². The quantitative estimate of drug-likeness (QED) is 0.660. The van der Waals surface area contributed by atoms with Crippen molar-refractivity contribution in [3.63, 3.8) is 0 Å². The summed E-state index contributed by atoms with van der Waals surface area (Å²) in [5.41, 5.74) is 1.86. The van der Waals surface area contributed by atoms with E-state index in [0.29, 0.717) is 25.4 Å². The Morgan fingerprint density at radius 1 is 0.960 bits per heavy atom. The highest BCUT2D eigenvalue weighted by Crippen LogP contribution is 2.11. The first-order valence-corrected chi connectivity index (χ1v) is 8.36. The lowest BCUT2D eigenvalue weighted by Crippen LogP contribution is -2.32. The largest absolute Gasteiger partial charge is 0.492 e. The molecule has 1 aromatic heterocycles. The van der Waals surface area contributed by atoms with Crippen molar-refractivity contribution in [3.05, 3.63) is 90.3 Å². The fourth-order valence-corrected chi connectivity index (χ4v) is 2.64. The predicted molar refractivity (Wildman–Crippen MR) is 98.9 cm³/mol. The van der Waals surface area contributed by atoms with Gasteiger partial charge in [0.1, 0.15) is 18.1 Å². The summed E-state index contributed by atoms with van der Waals surface area (Å²) in [6, 6.07) is 23.5. The minimum atomic E-state index is -0.00223. The molecule has 3 aromatic rings. The van der Waals surface area contributed by atoms with Crippen LogP contribution in [0.2, 0.25) is 0 Å². The minimum Gasteiger partial charge on any atom is -0.492 e. The summed E-state index contributed by atoms with van der Waals surface area (Å²) in [5, 5.41) is 0. The zero-order valence-corrected chi connectivity index (χ0v) is 14.3. The zero-order valence-electron chi connectivity index (χ0n) is 14.3. The van der Waals surface area contributed by atoms with Gasteiger partial charge in [-0.3, -0.25) is 4.79 Å². The third kappa shape index (κ3) is 4.51. The Balaban J connectivity index is 1.58. The Hall–Kier alpha value is -3.01. The average Bonchev–Trinajstić information content (AvgIpc) is 3.11. The van der Waals surface area contributed by atoms with Crippen LogP contribution in [0.5, 0.6) is 5.75 Å². The number of nitrogens with zero attached hydrogens (tertiary/aromatic N) is 2. The Bertz CT molecular complexity index is 797. The summed E-state index contributed by atoms with van der Waals surface area (Å²) in [4.78, 5) is 14.4. The van der Waals surface area contributed by atoms with Gasteiger partial charge >= 0.3 is 0 Å². The molecule has 0 aliphatic carbocycles. The van der Waals surface area contributed by atoms with Gasteiger partial charge in [0.2, 0.25) is 0 Å². The van der Waals surface area contributed by atoms with Gasteiger partial charge in [-0.25, -0.2) is 0 Å². The van der Waals surface area contributed by atoms with Crippen LogP contribution in [-0.2, 0) is 6.54 Å². The molecule has 128 valence electrons. The van der Waals surface area contributed by atoms with E-state index in [9.17, 15) is 4.79 Å². The van der Waals surface area contributed by atoms with Crippen LogP contribution in [0.3, 0.4) is 0 Å². The molecule has 0 unspecified atom stereocenters. The first-order chi connectivity index (χ1) is 12.2. The number of amides is 1. The number of para-hydroxylation sites is 1. The molecule has 4 heteroatoms. The molecule has 2 aromatic carbocycles. The molecule has 0 fully saturated rings. The monoisotopic (exact) mass is 334 g/mol. The molecule has 0 spiro atoms. The summed E-state index contributed by atoms with van der Waals surface area (Å²) in [5.74, 6) is 0.813. The van der Waals surface area contributed by atoms with E-state index >= 15 is 0 Å². The van der Waals surface area contributed by atoms with Crippen molar-refractivity contribution in [3.8, 4) is 5.75 Å². The second kappa shape index (κ2) is 8.20. The highest BCUT2D eigenvalue weighted by Gasteiger charge is 2.15. The molecule has 0 aliphatic heterocycles. The second-order valence-corrected chi connectivity index (χ2v) is 5.90. The van der Waals surface area contributed by atoms with Crippen LogP contribution < -0.4 is 4.74 Å². The van der Waals surface area contributed by atoms with Gasteiger partial charge in [-0.2, -0.15) is 0 Å². The molecule has 0 atom stereocenters. The SMILES string of the molecule is CN(CCOc1ccccc1)C(=O)c1cccn1Cc1ccccc1.